The van der Waals surface area contributed by atoms with Gasteiger partial charge in [0.05, 0.1) is 24.2 Å². The fourth-order valence-electron chi connectivity index (χ4n) is 3.47. The van der Waals surface area contributed by atoms with Crippen LogP contribution < -0.4 is 0 Å². The average molecular weight is 369 g/mol. The highest BCUT2D eigenvalue weighted by Gasteiger charge is 2.28. The molecule has 0 unspecified atom stereocenters. The standard InChI is InChI=1S/C18H19N5O4/c1-11-13(18(25)26)10-19-23(11)12-4-6-22(7-5-12)17(24)15-9-14(20-21-15)16-3-2-8-27-16/h2-3,8-10,12H,4-7H2,1H3,(H,20,21)(H,25,26). The van der Waals surface area contributed by atoms with Gasteiger partial charge in [-0.25, -0.2) is 4.79 Å². The van der Waals surface area contributed by atoms with Gasteiger partial charge in [0.25, 0.3) is 5.91 Å². The van der Waals surface area contributed by atoms with Gasteiger partial charge in [0, 0.05) is 19.2 Å². The maximum atomic E-state index is 12.7. The number of carboxylic acid groups (broad SMARTS) is 1. The van der Waals surface area contributed by atoms with E-state index in [-0.39, 0.29) is 17.5 Å². The molecule has 2 N–H and O–H groups in total. The molecular weight excluding hydrogens is 350 g/mol. The van der Waals surface area contributed by atoms with Gasteiger partial charge in [-0.3, -0.25) is 14.6 Å². The highest BCUT2D eigenvalue weighted by atomic mass is 16.4. The molecule has 9 nitrogen and oxygen atoms in total. The second-order valence-electron chi connectivity index (χ2n) is 6.56. The summed E-state index contributed by atoms with van der Waals surface area (Å²) in [5.74, 6) is -0.480. The Morgan fingerprint density at radius 1 is 1.33 bits per heavy atom. The van der Waals surface area contributed by atoms with Gasteiger partial charge < -0.3 is 14.4 Å². The van der Waals surface area contributed by atoms with Crippen molar-refractivity contribution in [1.29, 1.82) is 0 Å². The summed E-state index contributed by atoms with van der Waals surface area (Å²) in [5, 5.41) is 20.3. The highest BCUT2D eigenvalue weighted by Crippen LogP contribution is 2.26. The Morgan fingerprint density at radius 3 is 2.74 bits per heavy atom. The summed E-state index contributed by atoms with van der Waals surface area (Å²) in [5.41, 5.74) is 1.87. The second-order valence-corrected chi connectivity index (χ2v) is 6.56. The largest absolute Gasteiger partial charge is 0.478 e. The van der Waals surface area contributed by atoms with Gasteiger partial charge in [-0.2, -0.15) is 10.2 Å². The van der Waals surface area contributed by atoms with Crippen LogP contribution in [-0.2, 0) is 0 Å². The van der Waals surface area contributed by atoms with Crippen molar-refractivity contribution >= 4 is 11.9 Å². The molecule has 4 heterocycles. The number of hydrogen-bond donors (Lipinski definition) is 2. The molecule has 0 atom stereocenters. The molecule has 3 aromatic heterocycles. The van der Waals surface area contributed by atoms with E-state index in [0.29, 0.717) is 48.8 Å². The number of carbonyl (C=O) groups is 2. The lowest BCUT2D eigenvalue weighted by atomic mass is 10.0. The third-order valence-corrected chi connectivity index (χ3v) is 4.96. The van der Waals surface area contributed by atoms with Crippen LogP contribution in [0.3, 0.4) is 0 Å². The SMILES string of the molecule is Cc1c(C(=O)O)cnn1C1CCN(C(=O)c2cc(-c3ccco3)[nH]n2)CC1. The zero-order valence-electron chi connectivity index (χ0n) is 14.8. The van der Waals surface area contributed by atoms with Crippen molar-refractivity contribution in [3.8, 4) is 11.5 Å². The van der Waals surface area contributed by atoms with E-state index in [9.17, 15) is 9.59 Å². The summed E-state index contributed by atoms with van der Waals surface area (Å²) < 4.78 is 7.06. The number of carboxylic acids is 1. The first-order chi connectivity index (χ1) is 13.0. The molecule has 3 aromatic rings. The van der Waals surface area contributed by atoms with Crippen molar-refractivity contribution in [2.24, 2.45) is 0 Å². The lowest BCUT2D eigenvalue weighted by molar-refractivity contribution is 0.0682. The summed E-state index contributed by atoms with van der Waals surface area (Å²) in [6.07, 6.45) is 4.37. The van der Waals surface area contributed by atoms with Crippen LogP contribution in [0.2, 0.25) is 0 Å². The predicted octanol–water partition coefficient (Wildman–Crippen LogP) is 2.35. The van der Waals surface area contributed by atoms with Crippen LogP contribution in [0, 0.1) is 6.92 Å². The Hall–Kier alpha value is -3.36. The molecule has 27 heavy (non-hydrogen) atoms. The van der Waals surface area contributed by atoms with Crippen molar-refractivity contribution in [3.63, 3.8) is 0 Å². The van der Waals surface area contributed by atoms with Crippen LogP contribution in [0.25, 0.3) is 11.5 Å². The number of rotatable bonds is 4. The Kier molecular flexibility index (Phi) is 4.27. The summed E-state index contributed by atoms with van der Waals surface area (Å²) in [7, 11) is 0. The summed E-state index contributed by atoms with van der Waals surface area (Å²) >= 11 is 0. The smallest absolute Gasteiger partial charge is 0.339 e. The Bertz CT molecular complexity index is 964. The Morgan fingerprint density at radius 2 is 2.11 bits per heavy atom. The number of nitrogens with one attached hydrogen (secondary N) is 1. The predicted molar refractivity (Wildman–Crippen MR) is 94.4 cm³/mol. The number of aromatic amines is 1. The third-order valence-electron chi connectivity index (χ3n) is 4.96. The number of furan rings is 1. The quantitative estimate of drug-likeness (QED) is 0.729. The van der Waals surface area contributed by atoms with E-state index < -0.39 is 5.97 Å². The minimum absolute atomic E-state index is 0.0833. The van der Waals surface area contributed by atoms with Crippen LogP contribution in [0.5, 0.6) is 0 Å². The Labute approximate surface area is 154 Å². The molecule has 1 aliphatic rings. The molecule has 0 spiro atoms. The number of likely N-dealkylation sites (tertiary alicyclic amines) is 1. The summed E-state index contributed by atoms with van der Waals surface area (Å²) in [6.45, 7) is 2.89. The molecule has 1 aliphatic heterocycles. The summed E-state index contributed by atoms with van der Waals surface area (Å²) in [6, 6.07) is 5.34. The van der Waals surface area contributed by atoms with E-state index in [1.165, 1.54) is 6.20 Å². The summed E-state index contributed by atoms with van der Waals surface area (Å²) in [4.78, 5) is 25.6. The average Bonchev–Trinajstić information content (AvgIpc) is 3.41. The van der Waals surface area contributed by atoms with Crippen molar-refractivity contribution < 1.29 is 19.1 Å². The molecule has 0 saturated carbocycles. The monoisotopic (exact) mass is 369 g/mol. The van der Waals surface area contributed by atoms with Crippen LogP contribution >= 0.6 is 0 Å². The molecule has 4 rings (SSSR count). The normalized spacial score (nSPS) is 15.2. The zero-order valence-corrected chi connectivity index (χ0v) is 14.8. The number of nitrogens with zero attached hydrogens (tertiary/aromatic N) is 4. The molecule has 1 amide bonds. The van der Waals surface area contributed by atoms with Gasteiger partial charge in [0.15, 0.2) is 11.5 Å². The molecule has 1 fully saturated rings. The number of piperidine rings is 1. The molecular formula is C18H19N5O4. The molecule has 0 bridgehead atoms. The molecule has 0 aliphatic carbocycles. The van der Waals surface area contributed by atoms with Crippen LogP contribution in [-0.4, -0.2) is 55.0 Å². The van der Waals surface area contributed by atoms with Crippen molar-refractivity contribution in [2.75, 3.05) is 13.1 Å². The first-order valence-electron chi connectivity index (χ1n) is 8.70. The first-order valence-corrected chi connectivity index (χ1v) is 8.70. The van der Waals surface area contributed by atoms with Crippen LogP contribution in [0.15, 0.2) is 35.1 Å². The van der Waals surface area contributed by atoms with E-state index in [2.05, 4.69) is 15.3 Å². The molecule has 1 saturated heterocycles. The lowest BCUT2D eigenvalue weighted by Crippen LogP contribution is -2.39. The van der Waals surface area contributed by atoms with Crippen molar-refractivity contribution in [3.05, 3.63) is 47.6 Å². The topological polar surface area (TPSA) is 117 Å². The number of carbonyl (C=O) groups excluding carboxylic acids is 1. The minimum Gasteiger partial charge on any atom is -0.478 e. The van der Waals surface area contributed by atoms with E-state index in [0.717, 1.165) is 0 Å². The second kappa shape index (κ2) is 6.75. The van der Waals surface area contributed by atoms with Crippen LogP contribution in [0.4, 0.5) is 0 Å². The van der Waals surface area contributed by atoms with Crippen molar-refractivity contribution in [1.82, 2.24) is 24.9 Å². The minimum atomic E-state index is -0.975. The fraction of sp³-hybridized carbons (Fsp3) is 0.333. The third kappa shape index (κ3) is 3.12. The van der Waals surface area contributed by atoms with E-state index >= 15 is 0 Å². The lowest BCUT2D eigenvalue weighted by Gasteiger charge is -2.32. The fourth-order valence-corrected chi connectivity index (χ4v) is 3.47. The van der Waals surface area contributed by atoms with E-state index in [1.54, 1.807) is 41.0 Å². The molecule has 0 aromatic carbocycles. The Balaban J connectivity index is 1.42. The number of aromatic nitrogens is 4. The van der Waals surface area contributed by atoms with Gasteiger partial charge in [0.2, 0.25) is 0 Å². The van der Waals surface area contributed by atoms with Gasteiger partial charge in [-0.05, 0) is 31.9 Å². The van der Waals surface area contributed by atoms with Crippen LogP contribution in [0.1, 0.15) is 45.4 Å². The number of aromatic carboxylic acids is 1. The molecule has 0 radical (unpaired) electrons. The van der Waals surface area contributed by atoms with Gasteiger partial charge in [-0.15, -0.1) is 0 Å². The van der Waals surface area contributed by atoms with E-state index in [1.807, 2.05) is 0 Å². The first kappa shape index (κ1) is 17.1. The molecule has 9 heteroatoms. The van der Waals surface area contributed by atoms with Gasteiger partial charge >= 0.3 is 5.97 Å². The number of amides is 1. The highest BCUT2D eigenvalue weighted by molar-refractivity contribution is 5.93. The van der Waals surface area contributed by atoms with Gasteiger partial charge in [0.1, 0.15) is 11.3 Å². The maximum Gasteiger partial charge on any atom is 0.339 e. The maximum absolute atomic E-state index is 12.7. The number of H-pyrrole nitrogens is 1. The molecule has 140 valence electrons. The van der Waals surface area contributed by atoms with E-state index in [4.69, 9.17) is 9.52 Å². The van der Waals surface area contributed by atoms with Crippen molar-refractivity contribution in [2.45, 2.75) is 25.8 Å². The number of hydrogen-bond acceptors (Lipinski definition) is 5. The zero-order chi connectivity index (χ0) is 19.0. The van der Waals surface area contributed by atoms with Gasteiger partial charge in [-0.1, -0.05) is 0 Å².